The van der Waals surface area contributed by atoms with Gasteiger partial charge in [-0.1, -0.05) is 35.9 Å². The highest BCUT2D eigenvalue weighted by molar-refractivity contribution is 5.84. The lowest BCUT2D eigenvalue weighted by Gasteiger charge is -2.05. The van der Waals surface area contributed by atoms with E-state index in [2.05, 4.69) is 15.8 Å². The van der Waals surface area contributed by atoms with Gasteiger partial charge in [0.05, 0.1) is 12.8 Å². The van der Waals surface area contributed by atoms with Crippen molar-refractivity contribution in [2.24, 2.45) is 5.10 Å². The fourth-order valence-corrected chi connectivity index (χ4v) is 1.65. The molecule has 2 aromatic rings. The number of halogens is 1. The van der Waals surface area contributed by atoms with Gasteiger partial charge in [0.2, 0.25) is 0 Å². The van der Waals surface area contributed by atoms with Gasteiger partial charge in [-0.2, -0.15) is 5.10 Å². The molecule has 5 heteroatoms. The van der Waals surface area contributed by atoms with Crippen LogP contribution in [-0.4, -0.2) is 18.7 Å². The summed E-state index contributed by atoms with van der Waals surface area (Å²) in [5.74, 6) is -0.684. The third-order valence-corrected chi connectivity index (χ3v) is 2.80. The summed E-state index contributed by atoms with van der Waals surface area (Å²) in [7, 11) is 0. The number of anilines is 1. The molecule has 108 valence electrons. The van der Waals surface area contributed by atoms with Crippen molar-refractivity contribution in [2.75, 3.05) is 11.9 Å². The van der Waals surface area contributed by atoms with E-state index in [0.29, 0.717) is 5.56 Å². The molecule has 0 aliphatic heterocycles. The smallest absolute Gasteiger partial charge is 0.259 e. The van der Waals surface area contributed by atoms with Crippen molar-refractivity contribution in [3.8, 4) is 0 Å². The van der Waals surface area contributed by atoms with Gasteiger partial charge >= 0.3 is 0 Å². The minimum atomic E-state index is -0.381. The highest BCUT2D eigenvalue weighted by Gasteiger charge is 2.00. The Labute approximate surface area is 122 Å². The molecule has 0 aliphatic rings. The zero-order chi connectivity index (χ0) is 15.1. The van der Waals surface area contributed by atoms with Crippen molar-refractivity contribution in [1.29, 1.82) is 0 Å². The van der Waals surface area contributed by atoms with Gasteiger partial charge in [0.25, 0.3) is 5.91 Å². The van der Waals surface area contributed by atoms with Crippen LogP contribution in [0.3, 0.4) is 0 Å². The largest absolute Gasteiger partial charge is 0.376 e. The first-order chi connectivity index (χ1) is 10.1. The summed E-state index contributed by atoms with van der Waals surface area (Å²) in [4.78, 5) is 11.6. The number of hydrogen-bond donors (Lipinski definition) is 2. The maximum absolute atomic E-state index is 13.3. The second kappa shape index (κ2) is 7.19. The summed E-state index contributed by atoms with van der Waals surface area (Å²) < 4.78 is 13.3. The van der Waals surface area contributed by atoms with Crippen molar-refractivity contribution in [2.45, 2.75) is 6.92 Å². The van der Waals surface area contributed by atoms with Gasteiger partial charge in [0.15, 0.2) is 0 Å². The monoisotopic (exact) mass is 285 g/mol. The van der Waals surface area contributed by atoms with E-state index >= 15 is 0 Å². The van der Waals surface area contributed by atoms with Crippen LogP contribution in [0.25, 0.3) is 0 Å². The third-order valence-electron chi connectivity index (χ3n) is 2.80. The average Bonchev–Trinajstić information content (AvgIpc) is 2.49. The van der Waals surface area contributed by atoms with Gasteiger partial charge in [-0.15, -0.1) is 0 Å². The maximum atomic E-state index is 13.3. The zero-order valence-corrected chi connectivity index (χ0v) is 11.6. The Bertz CT molecular complexity index is 638. The summed E-state index contributed by atoms with van der Waals surface area (Å²) in [5.41, 5.74) is 4.67. The number of nitrogens with one attached hydrogen (secondary N) is 2. The Kier molecular flexibility index (Phi) is 5.04. The third kappa shape index (κ3) is 4.72. The minimum absolute atomic E-state index is 0.0949. The van der Waals surface area contributed by atoms with Crippen LogP contribution in [0.1, 0.15) is 11.1 Å². The highest BCUT2D eigenvalue weighted by atomic mass is 19.1. The quantitative estimate of drug-likeness (QED) is 0.655. The van der Waals surface area contributed by atoms with Crippen LogP contribution in [0.4, 0.5) is 10.1 Å². The molecule has 0 unspecified atom stereocenters. The Morgan fingerprint density at radius 1 is 1.19 bits per heavy atom. The second-order valence-corrected chi connectivity index (χ2v) is 4.53. The molecule has 21 heavy (non-hydrogen) atoms. The van der Waals surface area contributed by atoms with E-state index in [1.807, 2.05) is 31.2 Å². The Hall–Kier alpha value is -2.69. The molecular formula is C16H16FN3O. The predicted molar refractivity (Wildman–Crippen MR) is 81.8 cm³/mol. The molecule has 0 saturated carbocycles. The summed E-state index contributed by atoms with van der Waals surface area (Å²) in [6, 6.07) is 13.9. The summed E-state index contributed by atoms with van der Waals surface area (Å²) in [6.07, 6.45) is 1.28. The lowest BCUT2D eigenvalue weighted by atomic mass is 10.2. The number of hydrogen-bond acceptors (Lipinski definition) is 3. The van der Waals surface area contributed by atoms with E-state index in [-0.39, 0.29) is 18.3 Å². The first kappa shape index (κ1) is 14.7. The van der Waals surface area contributed by atoms with E-state index in [0.717, 1.165) is 11.3 Å². The summed E-state index contributed by atoms with van der Waals surface area (Å²) in [5, 5.41) is 6.70. The van der Waals surface area contributed by atoms with E-state index < -0.39 is 0 Å². The first-order valence-corrected chi connectivity index (χ1v) is 6.52. The fraction of sp³-hybridized carbons (Fsp3) is 0.125. The average molecular weight is 285 g/mol. The molecule has 0 aliphatic carbocycles. The molecule has 0 heterocycles. The summed E-state index contributed by atoms with van der Waals surface area (Å²) >= 11 is 0. The molecule has 1 amide bonds. The molecule has 4 nitrogen and oxygen atoms in total. The van der Waals surface area contributed by atoms with Crippen molar-refractivity contribution in [3.63, 3.8) is 0 Å². The standard InChI is InChI=1S/C16H16FN3O/c1-12-6-8-14(9-7-12)18-11-16(21)20-19-10-13-4-2-3-5-15(13)17/h2-10,18H,11H2,1H3,(H,20,21). The fourth-order valence-electron chi connectivity index (χ4n) is 1.65. The molecule has 0 aromatic heterocycles. The summed E-state index contributed by atoms with van der Waals surface area (Å²) in [6.45, 7) is 2.09. The van der Waals surface area contributed by atoms with Gasteiger partial charge < -0.3 is 5.32 Å². The van der Waals surface area contributed by atoms with E-state index in [1.165, 1.54) is 12.3 Å². The van der Waals surface area contributed by atoms with Gasteiger partial charge in [0.1, 0.15) is 5.82 Å². The normalized spacial score (nSPS) is 10.6. The number of hydrazone groups is 1. The lowest BCUT2D eigenvalue weighted by molar-refractivity contribution is -0.119. The van der Waals surface area contributed by atoms with Gasteiger partial charge in [-0.05, 0) is 25.1 Å². The molecule has 0 fully saturated rings. The molecule has 0 bridgehead atoms. The van der Waals surface area contributed by atoms with Crippen LogP contribution in [0.5, 0.6) is 0 Å². The SMILES string of the molecule is Cc1ccc(NCC(=O)NN=Cc2ccccc2F)cc1. The van der Waals surface area contributed by atoms with Crippen LogP contribution in [-0.2, 0) is 4.79 Å². The topological polar surface area (TPSA) is 53.5 Å². The molecule has 0 saturated heterocycles. The predicted octanol–water partition coefficient (Wildman–Crippen LogP) is 2.70. The number of nitrogens with zero attached hydrogens (tertiary/aromatic N) is 1. The van der Waals surface area contributed by atoms with Crippen molar-refractivity contribution >= 4 is 17.8 Å². The molecule has 2 aromatic carbocycles. The molecule has 0 radical (unpaired) electrons. The molecule has 2 N–H and O–H groups in total. The highest BCUT2D eigenvalue weighted by Crippen LogP contribution is 2.07. The van der Waals surface area contributed by atoms with Crippen LogP contribution in [0, 0.1) is 12.7 Å². The second-order valence-electron chi connectivity index (χ2n) is 4.53. The number of carbonyl (C=O) groups excluding carboxylic acids is 1. The van der Waals surface area contributed by atoms with Crippen LogP contribution in [0.15, 0.2) is 53.6 Å². The molecule has 0 atom stereocenters. The minimum Gasteiger partial charge on any atom is -0.376 e. The van der Waals surface area contributed by atoms with Crippen molar-refractivity contribution in [1.82, 2.24) is 5.43 Å². The van der Waals surface area contributed by atoms with Crippen LogP contribution >= 0.6 is 0 Å². The van der Waals surface area contributed by atoms with Crippen LogP contribution < -0.4 is 10.7 Å². The van der Waals surface area contributed by atoms with E-state index in [9.17, 15) is 9.18 Å². The van der Waals surface area contributed by atoms with Crippen molar-refractivity contribution in [3.05, 3.63) is 65.5 Å². The number of benzene rings is 2. The van der Waals surface area contributed by atoms with E-state index in [4.69, 9.17) is 0 Å². The van der Waals surface area contributed by atoms with E-state index in [1.54, 1.807) is 18.2 Å². The number of rotatable bonds is 5. The lowest BCUT2D eigenvalue weighted by Crippen LogP contribution is -2.25. The van der Waals surface area contributed by atoms with Gasteiger partial charge in [-0.25, -0.2) is 9.82 Å². The van der Waals surface area contributed by atoms with Gasteiger partial charge in [0, 0.05) is 11.3 Å². The van der Waals surface area contributed by atoms with Crippen LogP contribution in [0.2, 0.25) is 0 Å². The Balaban J connectivity index is 1.80. The number of aryl methyl sites for hydroxylation is 1. The molecule has 0 spiro atoms. The number of carbonyl (C=O) groups is 1. The maximum Gasteiger partial charge on any atom is 0.259 e. The molecule has 2 rings (SSSR count). The van der Waals surface area contributed by atoms with Gasteiger partial charge in [-0.3, -0.25) is 4.79 Å². The van der Waals surface area contributed by atoms with Crippen molar-refractivity contribution < 1.29 is 9.18 Å². The Morgan fingerprint density at radius 2 is 1.90 bits per heavy atom. The number of amides is 1. The Morgan fingerprint density at radius 3 is 2.62 bits per heavy atom. The zero-order valence-electron chi connectivity index (χ0n) is 11.6. The first-order valence-electron chi connectivity index (χ1n) is 6.52. The molecular weight excluding hydrogens is 269 g/mol.